The van der Waals surface area contributed by atoms with Gasteiger partial charge in [-0.15, -0.1) is 0 Å². The Balaban J connectivity index is 2.18. The van der Waals surface area contributed by atoms with Crippen molar-refractivity contribution in [1.29, 1.82) is 0 Å². The van der Waals surface area contributed by atoms with Crippen molar-refractivity contribution in [3.8, 4) is 0 Å². The topological polar surface area (TPSA) is 44.4 Å². The van der Waals surface area contributed by atoms with Crippen LogP contribution in [-0.4, -0.2) is 44.5 Å². The molecule has 0 unspecified atom stereocenters. The van der Waals surface area contributed by atoms with E-state index in [9.17, 15) is 4.79 Å². The fraction of sp³-hybridized carbons (Fsp3) is 0.533. The molecule has 0 aliphatic carbocycles. The number of carbonyl (C=O) groups is 1. The third-order valence-corrected chi connectivity index (χ3v) is 3.55. The molecule has 0 saturated heterocycles. The number of anilines is 1. The molecule has 1 aromatic rings. The van der Waals surface area contributed by atoms with E-state index >= 15 is 0 Å². The van der Waals surface area contributed by atoms with Gasteiger partial charge in [0, 0.05) is 29.7 Å². The monoisotopic (exact) mass is 341 g/mol. The maximum Gasteiger partial charge on any atom is 0.221 e. The van der Waals surface area contributed by atoms with Gasteiger partial charge in [0.15, 0.2) is 0 Å². The molecule has 1 aromatic carbocycles. The van der Waals surface area contributed by atoms with Crippen molar-refractivity contribution >= 4 is 27.5 Å². The van der Waals surface area contributed by atoms with Gasteiger partial charge in [-0.2, -0.15) is 0 Å². The highest BCUT2D eigenvalue weighted by Crippen LogP contribution is 2.23. The van der Waals surface area contributed by atoms with Crippen LogP contribution < -0.4 is 10.6 Å². The molecule has 0 heterocycles. The molecule has 1 amide bonds. The Morgan fingerprint density at radius 2 is 2.05 bits per heavy atom. The lowest BCUT2D eigenvalue weighted by molar-refractivity contribution is -0.120. The summed E-state index contributed by atoms with van der Waals surface area (Å²) >= 11 is 3.51. The van der Waals surface area contributed by atoms with E-state index in [1.54, 1.807) is 0 Å². The molecule has 20 heavy (non-hydrogen) atoms. The summed E-state index contributed by atoms with van der Waals surface area (Å²) in [4.78, 5) is 13.8. The normalized spacial score (nSPS) is 10.7. The van der Waals surface area contributed by atoms with Gasteiger partial charge in [-0.25, -0.2) is 0 Å². The number of benzene rings is 1. The van der Waals surface area contributed by atoms with Gasteiger partial charge >= 0.3 is 0 Å². The Labute approximate surface area is 130 Å². The number of hydrogen-bond acceptors (Lipinski definition) is 3. The minimum Gasteiger partial charge on any atom is -0.384 e. The zero-order chi connectivity index (χ0) is 15.0. The van der Waals surface area contributed by atoms with Crippen LogP contribution in [0.4, 0.5) is 5.69 Å². The predicted octanol–water partition coefficient (Wildman–Crippen LogP) is 2.63. The van der Waals surface area contributed by atoms with Crippen molar-refractivity contribution in [3.05, 3.63) is 28.2 Å². The van der Waals surface area contributed by atoms with Gasteiger partial charge in [0.05, 0.1) is 0 Å². The predicted molar refractivity (Wildman–Crippen MR) is 88.2 cm³/mol. The summed E-state index contributed by atoms with van der Waals surface area (Å²) in [7, 11) is 4.07. The highest BCUT2D eigenvalue weighted by atomic mass is 79.9. The summed E-state index contributed by atoms with van der Waals surface area (Å²) in [6, 6.07) is 6.13. The number of nitrogens with one attached hydrogen (secondary N) is 2. The van der Waals surface area contributed by atoms with E-state index in [1.807, 2.05) is 20.2 Å². The van der Waals surface area contributed by atoms with Crippen molar-refractivity contribution in [2.75, 3.05) is 39.0 Å². The van der Waals surface area contributed by atoms with E-state index in [0.717, 1.165) is 29.7 Å². The number of carbonyl (C=O) groups excluding carboxylic acids is 1. The van der Waals surface area contributed by atoms with Gasteiger partial charge in [-0.3, -0.25) is 4.79 Å². The van der Waals surface area contributed by atoms with Crippen molar-refractivity contribution in [3.63, 3.8) is 0 Å². The van der Waals surface area contributed by atoms with Crippen LogP contribution in [0, 0.1) is 6.92 Å². The molecule has 0 radical (unpaired) electrons. The second-order valence-electron chi connectivity index (χ2n) is 5.17. The standard InChI is InChI=1S/C15H24BrN3O/c1-12-5-6-14(13(16)11-12)17-9-7-15(20)18-8-4-10-19(2)3/h5-6,11,17H,4,7-10H2,1-3H3,(H,18,20). The van der Waals surface area contributed by atoms with Gasteiger partial charge < -0.3 is 15.5 Å². The summed E-state index contributed by atoms with van der Waals surface area (Å²) in [5.74, 6) is 0.0968. The van der Waals surface area contributed by atoms with Crippen LogP contribution in [0.1, 0.15) is 18.4 Å². The lowest BCUT2D eigenvalue weighted by Crippen LogP contribution is -2.28. The number of aryl methyl sites for hydroxylation is 1. The Morgan fingerprint density at radius 3 is 2.70 bits per heavy atom. The molecule has 112 valence electrons. The fourth-order valence-corrected chi connectivity index (χ4v) is 2.42. The number of halogens is 1. The van der Waals surface area contributed by atoms with E-state index in [0.29, 0.717) is 13.0 Å². The second kappa shape index (κ2) is 8.97. The molecule has 0 fully saturated rings. The van der Waals surface area contributed by atoms with Crippen LogP contribution in [0.15, 0.2) is 22.7 Å². The van der Waals surface area contributed by atoms with Crippen LogP contribution in [0.2, 0.25) is 0 Å². The lowest BCUT2D eigenvalue weighted by atomic mass is 10.2. The SMILES string of the molecule is Cc1ccc(NCCC(=O)NCCCN(C)C)c(Br)c1. The van der Waals surface area contributed by atoms with Crippen molar-refractivity contribution in [1.82, 2.24) is 10.2 Å². The summed E-state index contributed by atoms with van der Waals surface area (Å²) < 4.78 is 1.03. The maximum atomic E-state index is 11.6. The first-order valence-corrected chi connectivity index (χ1v) is 7.70. The summed E-state index contributed by atoms with van der Waals surface area (Å²) in [5, 5.41) is 6.19. The molecular formula is C15H24BrN3O. The first kappa shape index (κ1) is 17.0. The van der Waals surface area contributed by atoms with Gasteiger partial charge in [0.1, 0.15) is 0 Å². The fourth-order valence-electron chi connectivity index (χ4n) is 1.79. The Hall–Kier alpha value is -1.07. The van der Waals surface area contributed by atoms with Crippen LogP contribution in [0.3, 0.4) is 0 Å². The average Bonchev–Trinajstić information content (AvgIpc) is 2.37. The zero-order valence-corrected chi connectivity index (χ0v) is 14.1. The average molecular weight is 342 g/mol. The lowest BCUT2D eigenvalue weighted by Gasteiger charge is -2.11. The highest BCUT2D eigenvalue weighted by Gasteiger charge is 2.03. The van der Waals surface area contributed by atoms with E-state index in [-0.39, 0.29) is 5.91 Å². The molecule has 0 saturated carbocycles. The first-order valence-electron chi connectivity index (χ1n) is 6.90. The quantitative estimate of drug-likeness (QED) is 0.714. The van der Waals surface area contributed by atoms with Crippen molar-refractivity contribution in [2.45, 2.75) is 19.8 Å². The van der Waals surface area contributed by atoms with Crippen LogP contribution in [0.5, 0.6) is 0 Å². The molecule has 4 nitrogen and oxygen atoms in total. The molecular weight excluding hydrogens is 318 g/mol. The molecule has 0 bridgehead atoms. The molecule has 0 atom stereocenters. The Kier molecular flexibility index (Phi) is 7.62. The van der Waals surface area contributed by atoms with Crippen molar-refractivity contribution < 1.29 is 4.79 Å². The number of nitrogens with zero attached hydrogens (tertiary/aromatic N) is 1. The van der Waals surface area contributed by atoms with E-state index in [4.69, 9.17) is 0 Å². The van der Waals surface area contributed by atoms with Crippen LogP contribution in [-0.2, 0) is 4.79 Å². The van der Waals surface area contributed by atoms with Gasteiger partial charge in [-0.1, -0.05) is 6.07 Å². The van der Waals surface area contributed by atoms with E-state index < -0.39 is 0 Å². The number of rotatable bonds is 8. The minimum atomic E-state index is 0.0968. The number of amides is 1. The zero-order valence-electron chi connectivity index (χ0n) is 12.5. The van der Waals surface area contributed by atoms with Gasteiger partial charge in [0.2, 0.25) is 5.91 Å². The summed E-state index contributed by atoms with van der Waals surface area (Å²) in [6.07, 6.45) is 1.47. The van der Waals surface area contributed by atoms with Gasteiger partial charge in [0.25, 0.3) is 0 Å². The Bertz CT molecular complexity index is 435. The third kappa shape index (κ3) is 6.91. The second-order valence-corrected chi connectivity index (χ2v) is 6.02. The maximum absolute atomic E-state index is 11.6. The molecule has 0 aliphatic heterocycles. The van der Waals surface area contributed by atoms with E-state index in [2.05, 4.69) is 50.5 Å². The minimum absolute atomic E-state index is 0.0968. The van der Waals surface area contributed by atoms with Crippen molar-refractivity contribution in [2.24, 2.45) is 0 Å². The molecule has 1 rings (SSSR count). The summed E-state index contributed by atoms with van der Waals surface area (Å²) in [5.41, 5.74) is 2.23. The smallest absolute Gasteiger partial charge is 0.221 e. The molecule has 2 N–H and O–H groups in total. The Morgan fingerprint density at radius 1 is 1.30 bits per heavy atom. The largest absolute Gasteiger partial charge is 0.384 e. The molecule has 0 aliphatic rings. The summed E-state index contributed by atoms with van der Waals surface area (Å²) in [6.45, 7) is 4.43. The van der Waals surface area contributed by atoms with E-state index in [1.165, 1.54) is 5.56 Å². The molecule has 0 spiro atoms. The molecule has 5 heteroatoms. The van der Waals surface area contributed by atoms with Crippen LogP contribution >= 0.6 is 15.9 Å². The molecule has 0 aromatic heterocycles. The first-order chi connectivity index (χ1) is 9.49. The van der Waals surface area contributed by atoms with Gasteiger partial charge in [-0.05, 0) is 67.6 Å². The highest BCUT2D eigenvalue weighted by molar-refractivity contribution is 9.10. The van der Waals surface area contributed by atoms with Crippen LogP contribution in [0.25, 0.3) is 0 Å². The third-order valence-electron chi connectivity index (χ3n) is 2.90. The number of hydrogen-bond donors (Lipinski definition) is 2.